The Labute approximate surface area is 225 Å². The molecule has 1 aliphatic heterocycles. The Hall–Kier alpha value is -4.66. The van der Waals surface area contributed by atoms with Gasteiger partial charge in [0.1, 0.15) is 17.5 Å². The van der Waals surface area contributed by atoms with Gasteiger partial charge in [-0.25, -0.2) is 4.79 Å². The summed E-state index contributed by atoms with van der Waals surface area (Å²) in [7, 11) is 0. The number of esters is 1. The molecule has 12 nitrogen and oxygen atoms in total. The summed E-state index contributed by atoms with van der Waals surface area (Å²) in [6.07, 6.45) is 9.13. The Morgan fingerprint density at radius 1 is 1.38 bits per heavy atom. The molecule has 2 aromatic rings. The number of ether oxygens (including phenoxy) is 1. The molecule has 12 heteroatoms. The number of nitrogens with one attached hydrogen (secondary N) is 3. The molecule has 39 heavy (non-hydrogen) atoms. The number of nitrogens with zero attached hydrogens (tertiary/aromatic N) is 2. The number of rotatable bonds is 11. The summed E-state index contributed by atoms with van der Waals surface area (Å²) in [6.45, 7) is 5.56. The zero-order chi connectivity index (χ0) is 28.5. The summed E-state index contributed by atoms with van der Waals surface area (Å²) in [6, 6.07) is 2.45. The highest BCUT2D eigenvalue weighted by atomic mass is 16.5. The van der Waals surface area contributed by atoms with Crippen LogP contribution in [-0.2, 0) is 19.1 Å². The second kappa shape index (κ2) is 13.2. The standard InChI is InChI=1S/C27H31N5O7/c1-5-8-22(32-12-7-9-20(26(32)36)30-24(34)21-14-17(4)39-31-21)25(35)29-19(13-16(3)27(37)38-6-2)15-18-10-11-28-23(18)33/h1,7,9,12-14,18-19,22H,6,8,10-11,15H2,2-4H3,(H,28,33)(H,29,35)(H,30,34). The van der Waals surface area contributed by atoms with Crippen molar-refractivity contribution in [3.05, 3.63) is 57.9 Å². The molecule has 1 saturated heterocycles. The van der Waals surface area contributed by atoms with Crippen LogP contribution in [-0.4, -0.2) is 52.6 Å². The third kappa shape index (κ3) is 7.44. The molecule has 3 atom stereocenters. The van der Waals surface area contributed by atoms with Gasteiger partial charge in [0.25, 0.3) is 11.5 Å². The van der Waals surface area contributed by atoms with Crippen molar-refractivity contribution in [3.63, 3.8) is 0 Å². The average molecular weight is 538 g/mol. The number of aromatic nitrogens is 2. The highest BCUT2D eigenvalue weighted by molar-refractivity contribution is 6.02. The molecule has 0 aromatic carbocycles. The molecule has 0 spiro atoms. The second-order valence-electron chi connectivity index (χ2n) is 9.03. The quantitative estimate of drug-likeness (QED) is 0.221. The fraction of sp³-hybridized carbons (Fsp3) is 0.407. The first-order valence-electron chi connectivity index (χ1n) is 12.5. The van der Waals surface area contributed by atoms with Crippen LogP contribution in [0.4, 0.5) is 5.69 Å². The van der Waals surface area contributed by atoms with E-state index in [4.69, 9.17) is 15.7 Å². The minimum absolute atomic E-state index is 0.0113. The van der Waals surface area contributed by atoms with Gasteiger partial charge in [-0.05, 0) is 45.7 Å². The van der Waals surface area contributed by atoms with Crippen molar-refractivity contribution < 1.29 is 28.4 Å². The van der Waals surface area contributed by atoms with Crippen LogP contribution in [0.5, 0.6) is 0 Å². The van der Waals surface area contributed by atoms with Crippen molar-refractivity contribution in [2.45, 2.75) is 52.1 Å². The van der Waals surface area contributed by atoms with E-state index in [2.05, 4.69) is 27.0 Å². The van der Waals surface area contributed by atoms with E-state index in [1.54, 1.807) is 20.8 Å². The third-order valence-corrected chi connectivity index (χ3v) is 6.11. The molecule has 3 N–H and O–H groups in total. The molecule has 2 aromatic heterocycles. The lowest BCUT2D eigenvalue weighted by Gasteiger charge is -2.23. The largest absolute Gasteiger partial charge is 0.463 e. The Bertz CT molecular complexity index is 1370. The van der Waals surface area contributed by atoms with Crippen LogP contribution in [0.3, 0.4) is 0 Å². The first-order valence-corrected chi connectivity index (χ1v) is 12.5. The van der Waals surface area contributed by atoms with Crippen LogP contribution < -0.4 is 21.5 Å². The zero-order valence-corrected chi connectivity index (χ0v) is 22.0. The second-order valence-corrected chi connectivity index (χ2v) is 9.03. The van der Waals surface area contributed by atoms with Crippen LogP contribution >= 0.6 is 0 Å². The van der Waals surface area contributed by atoms with E-state index in [1.165, 1.54) is 30.5 Å². The van der Waals surface area contributed by atoms with Gasteiger partial charge in [-0.15, -0.1) is 12.3 Å². The number of hydrogen-bond acceptors (Lipinski definition) is 8. The number of pyridine rings is 1. The molecular weight excluding hydrogens is 506 g/mol. The van der Waals surface area contributed by atoms with E-state index in [1.807, 2.05) is 0 Å². The van der Waals surface area contributed by atoms with Crippen LogP contribution in [0, 0.1) is 25.2 Å². The molecule has 0 bridgehead atoms. The molecule has 0 radical (unpaired) electrons. The summed E-state index contributed by atoms with van der Waals surface area (Å²) in [4.78, 5) is 63.6. The van der Waals surface area contributed by atoms with E-state index in [0.29, 0.717) is 18.7 Å². The zero-order valence-electron chi connectivity index (χ0n) is 22.0. The van der Waals surface area contributed by atoms with Gasteiger partial charge in [0, 0.05) is 42.8 Å². The monoisotopic (exact) mass is 537 g/mol. The molecule has 3 amide bonds. The number of carbonyl (C=O) groups excluding carboxylic acids is 4. The van der Waals surface area contributed by atoms with Crippen LogP contribution in [0.2, 0.25) is 0 Å². The van der Waals surface area contributed by atoms with Crippen LogP contribution in [0.1, 0.15) is 55.4 Å². The number of anilines is 1. The van der Waals surface area contributed by atoms with E-state index < -0.39 is 35.4 Å². The van der Waals surface area contributed by atoms with E-state index >= 15 is 0 Å². The summed E-state index contributed by atoms with van der Waals surface area (Å²) < 4.78 is 11.1. The van der Waals surface area contributed by atoms with Gasteiger partial charge >= 0.3 is 5.97 Å². The maximum absolute atomic E-state index is 13.5. The molecule has 3 unspecified atom stereocenters. The first-order chi connectivity index (χ1) is 18.6. The van der Waals surface area contributed by atoms with E-state index in [0.717, 1.165) is 4.57 Å². The SMILES string of the molecule is C#CCC(C(=O)NC(C=C(C)C(=O)OCC)CC1CCNC1=O)n1cccc(NC(=O)c2cc(C)on2)c1=O. The minimum atomic E-state index is -1.13. The normalized spacial score (nSPS) is 16.5. The lowest BCUT2D eigenvalue weighted by molar-refractivity contribution is -0.138. The number of carbonyl (C=O) groups is 4. The number of terminal acetylenes is 1. The Kier molecular flexibility index (Phi) is 9.80. The maximum atomic E-state index is 13.5. The van der Waals surface area contributed by atoms with Gasteiger partial charge in [0.2, 0.25) is 11.8 Å². The summed E-state index contributed by atoms with van der Waals surface area (Å²) in [5.74, 6) is 0.526. The van der Waals surface area contributed by atoms with Gasteiger partial charge in [0.15, 0.2) is 5.69 Å². The van der Waals surface area contributed by atoms with Crippen molar-refractivity contribution in [2.24, 2.45) is 5.92 Å². The molecule has 3 heterocycles. The summed E-state index contributed by atoms with van der Waals surface area (Å²) in [5, 5.41) is 11.7. The molecular formula is C27H31N5O7. The van der Waals surface area contributed by atoms with Crippen LogP contribution in [0.25, 0.3) is 0 Å². The number of amides is 3. The van der Waals surface area contributed by atoms with Gasteiger partial charge in [-0.1, -0.05) is 11.2 Å². The van der Waals surface area contributed by atoms with Crippen molar-refractivity contribution >= 4 is 29.4 Å². The van der Waals surface area contributed by atoms with Gasteiger partial charge in [0.05, 0.1) is 6.61 Å². The molecule has 0 aliphatic carbocycles. The Morgan fingerprint density at radius 2 is 2.15 bits per heavy atom. The van der Waals surface area contributed by atoms with Crippen molar-refractivity contribution in [1.82, 2.24) is 20.4 Å². The van der Waals surface area contributed by atoms with Crippen molar-refractivity contribution in [2.75, 3.05) is 18.5 Å². The summed E-state index contributed by atoms with van der Waals surface area (Å²) >= 11 is 0. The van der Waals surface area contributed by atoms with Crippen LogP contribution in [0.15, 0.2) is 45.4 Å². The predicted molar refractivity (Wildman–Crippen MR) is 140 cm³/mol. The van der Waals surface area contributed by atoms with Crippen molar-refractivity contribution in [3.8, 4) is 12.3 Å². The highest BCUT2D eigenvalue weighted by Crippen LogP contribution is 2.19. The van der Waals surface area contributed by atoms with Gasteiger partial charge in [-0.2, -0.15) is 0 Å². The average Bonchev–Trinajstić information content (AvgIpc) is 3.51. The molecule has 3 rings (SSSR count). The lowest BCUT2D eigenvalue weighted by Crippen LogP contribution is -2.43. The smallest absolute Gasteiger partial charge is 0.333 e. The topological polar surface area (TPSA) is 162 Å². The fourth-order valence-electron chi connectivity index (χ4n) is 4.18. The summed E-state index contributed by atoms with van der Waals surface area (Å²) in [5.41, 5.74) is -0.497. The molecule has 206 valence electrons. The van der Waals surface area contributed by atoms with E-state index in [9.17, 15) is 24.0 Å². The predicted octanol–water partition coefficient (Wildman–Crippen LogP) is 1.48. The van der Waals surface area contributed by atoms with E-state index in [-0.39, 0.29) is 48.2 Å². The maximum Gasteiger partial charge on any atom is 0.333 e. The fourth-order valence-corrected chi connectivity index (χ4v) is 4.18. The molecule has 1 aliphatic rings. The first kappa shape index (κ1) is 28.9. The Balaban J connectivity index is 1.86. The molecule has 0 saturated carbocycles. The number of hydrogen-bond donors (Lipinski definition) is 3. The van der Waals surface area contributed by atoms with Gasteiger partial charge < -0.3 is 29.8 Å². The number of aryl methyl sites for hydroxylation is 1. The highest BCUT2D eigenvalue weighted by Gasteiger charge is 2.30. The van der Waals surface area contributed by atoms with Gasteiger partial charge in [-0.3, -0.25) is 19.2 Å². The lowest BCUT2D eigenvalue weighted by atomic mass is 9.96. The Morgan fingerprint density at radius 3 is 2.77 bits per heavy atom. The third-order valence-electron chi connectivity index (χ3n) is 6.11. The van der Waals surface area contributed by atoms with Crippen molar-refractivity contribution in [1.29, 1.82) is 0 Å². The molecule has 1 fully saturated rings. The minimum Gasteiger partial charge on any atom is -0.463 e.